The molecule has 40 heavy (non-hydrogen) atoms. The Balaban J connectivity index is 1.51. The first-order chi connectivity index (χ1) is 18.9. The van der Waals surface area contributed by atoms with E-state index in [9.17, 15) is 14.4 Å². The van der Waals surface area contributed by atoms with Gasteiger partial charge in [-0.25, -0.2) is 4.79 Å². The summed E-state index contributed by atoms with van der Waals surface area (Å²) < 4.78 is 11.7. The van der Waals surface area contributed by atoms with Crippen LogP contribution in [0.2, 0.25) is 5.02 Å². The largest absolute Gasteiger partial charge is 0.480 e. The van der Waals surface area contributed by atoms with Crippen LogP contribution >= 0.6 is 11.6 Å². The van der Waals surface area contributed by atoms with Crippen molar-refractivity contribution in [2.45, 2.75) is 53.1 Å². The van der Waals surface area contributed by atoms with Gasteiger partial charge in [-0.1, -0.05) is 41.9 Å². The third kappa shape index (κ3) is 6.92. The molecule has 6 nitrogen and oxygen atoms in total. The number of carbonyl (C=O) groups excluding carboxylic acids is 3. The van der Waals surface area contributed by atoms with E-state index in [-0.39, 0.29) is 23.4 Å². The molecule has 2 atom stereocenters. The van der Waals surface area contributed by atoms with E-state index >= 15 is 0 Å². The number of hydrogen-bond acceptors (Lipinski definition) is 5. The van der Waals surface area contributed by atoms with E-state index in [2.05, 4.69) is 12.1 Å². The first-order valence-electron chi connectivity index (χ1n) is 13.6. The number of Topliss-reactive ketones (excluding diaryl/α,β-unsaturated/α-hetero) is 2. The van der Waals surface area contributed by atoms with Crippen molar-refractivity contribution in [3.05, 3.63) is 94.0 Å². The molecule has 1 saturated heterocycles. The Kier molecular flexibility index (Phi) is 8.99. The highest BCUT2D eigenvalue weighted by Crippen LogP contribution is 2.34. The first kappa shape index (κ1) is 29.3. The summed E-state index contributed by atoms with van der Waals surface area (Å²) in [7, 11) is 0. The third-order valence-electron chi connectivity index (χ3n) is 7.64. The van der Waals surface area contributed by atoms with Crippen LogP contribution in [0.5, 0.6) is 11.5 Å². The standard InChI is InChI=1S/C33H36ClNO5/c1-21-17-24(18-22(2)31(21)40-33(4,5)23(3)36)11-12-26-19-35(32(38)39-28-9-7-6-8-10-28)20-29(26)30(37)25-13-15-27(34)16-14-25/h6-10,13-18,26,29H,11-12,19-20H2,1-5H3/t26-,29-/m1/s1. The summed E-state index contributed by atoms with van der Waals surface area (Å²) in [6.07, 6.45) is 0.995. The van der Waals surface area contributed by atoms with Crippen molar-refractivity contribution in [1.82, 2.24) is 4.90 Å². The first-order valence-corrected chi connectivity index (χ1v) is 13.9. The Labute approximate surface area is 241 Å². The van der Waals surface area contributed by atoms with Crippen molar-refractivity contribution in [1.29, 1.82) is 0 Å². The minimum absolute atomic E-state index is 0.000694. The highest BCUT2D eigenvalue weighted by molar-refractivity contribution is 6.30. The van der Waals surface area contributed by atoms with Crippen molar-refractivity contribution in [2.75, 3.05) is 13.1 Å². The summed E-state index contributed by atoms with van der Waals surface area (Å²) in [6.45, 7) is 9.76. The molecule has 0 N–H and O–H groups in total. The molecule has 0 unspecified atom stereocenters. The van der Waals surface area contributed by atoms with Crippen molar-refractivity contribution >= 4 is 29.3 Å². The van der Waals surface area contributed by atoms with Gasteiger partial charge < -0.3 is 14.4 Å². The van der Waals surface area contributed by atoms with E-state index in [1.165, 1.54) is 6.92 Å². The number of benzene rings is 3. The molecule has 0 radical (unpaired) electrons. The van der Waals surface area contributed by atoms with Crippen LogP contribution in [-0.2, 0) is 11.2 Å². The van der Waals surface area contributed by atoms with Gasteiger partial charge >= 0.3 is 6.09 Å². The van der Waals surface area contributed by atoms with Gasteiger partial charge in [0.1, 0.15) is 11.5 Å². The molecule has 0 bridgehead atoms. The second kappa shape index (κ2) is 12.3. The highest BCUT2D eigenvalue weighted by Gasteiger charge is 2.40. The summed E-state index contributed by atoms with van der Waals surface area (Å²) in [5.74, 6) is 0.751. The zero-order valence-electron chi connectivity index (χ0n) is 23.7. The van der Waals surface area contributed by atoms with Crippen LogP contribution in [0.15, 0.2) is 66.7 Å². The second-order valence-corrected chi connectivity index (χ2v) is 11.5. The number of ether oxygens (including phenoxy) is 2. The second-order valence-electron chi connectivity index (χ2n) is 11.1. The summed E-state index contributed by atoms with van der Waals surface area (Å²) in [6, 6.07) is 20.0. The molecule has 3 aromatic rings. The molecule has 1 aliphatic rings. The van der Waals surface area contributed by atoms with Gasteiger partial charge in [-0.3, -0.25) is 9.59 Å². The number of amides is 1. The maximum atomic E-state index is 13.6. The smallest absolute Gasteiger partial charge is 0.415 e. The SMILES string of the molecule is CC(=O)C(C)(C)Oc1c(C)cc(CC[C@@H]2CN(C(=O)Oc3ccccc3)C[C@H]2C(=O)c2ccc(Cl)cc2)cc1C. The molecule has 3 aromatic carbocycles. The number of rotatable bonds is 9. The number of aryl methyl sites for hydroxylation is 3. The zero-order valence-corrected chi connectivity index (χ0v) is 24.5. The molecule has 1 amide bonds. The highest BCUT2D eigenvalue weighted by atomic mass is 35.5. The monoisotopic (exact) mass is 561 g/mol. The van der Waals surface area contributed by atoms with Crippen LogP contribution in [0.1, 0.15) is 54.2 Å². The number of ketones is 2. The van der Waals surface area contributed by atoms with Crippen molar-refractivity contribution in [3.63, 3.8) is 0 Å². The topological polar surface area (TPSA) is 72.9 Å². The lowest BCUT2D eigenvalue weighted by Gasteiger charge is -2.26. The average molecular weight is 562 g/mol. The Morgan fingerprint density at radius 2 is 1.57 bits per heavy atom. The van der Waals surface area contributed by atoms with Gasteiger partial charge in [-0.05, 0) is 106 Å². The minimum atomic E-state index is -0.909. The maximum Gasteiger partial charge on any atom is 0.415 e. The van der Waals surface area contributed by atoms with Crippen molar-refractivity contribution < 1.29 is 23.9 Å². The molecule has 0 spiro atoms. The molecule has 1 aliphatic heterocycles. The molecule has 0 aromatic heterocycles. The summed E-state index contributed by atoms with van der Waals surface area (Å²) in [5, 5.41) is 0.567. The fraction of sp³-hybridized carbons (Fsp3) is 0.364. The lowest BCUT2D eigenvalue weighted by Crippen LogP contribution is -2.36. The molecule has 1 fully saturated rings. The van der Waals surface area contributed by atoms with Gasteiger partial charge in [0.15, 0.2) is 17.2 Å². The van der Waals surface area contributed by atoms with E-state index in [0.29, 0.717) is 29.4 Å². The van der Waals surface area contributed by atoms with Gasteiger partial charge in [0.2, 0.25) is 0 Å². The Bertz CT molecular complexity index is 1360. The molecule has 210 valence electrons. The maximum absolute atomic E-state index is 13.6. The van der Waals surface area contributed by atoms with Crippen LogP contribution in [0.3, 0.4) is 0 Å². The lowest BCUT2D eigenvalue weighted by molar-refractivity contribution is -0.129. The van der Waals surface area contributed by atoms with Gasteiger partial charge in [-0.2, -0.15) is 0 Å². The van der Waals surface area contributed by atoms with Crippen LogP contribution in [0.4, 0.5) is 4.79 Å². The number of nitrogens with zero attached hydrogens (tertiary/aromatic N) is 1. The fourth-order valence-electron chi connectivity index (χ4n) is 5.12. The molecular formula is C33H36ClNO5. The van der Waals surface area contributed by atoms with Gasteiger partial charge in [0.25, 0.3) is 0 Å². The molecule has 7 heteroatoms. The summed E-state index contributed by atoms with van der Waals surface area (Å²) >= 11 is 6.05. The van der Waals surface area contributed by atoms with E-state index in [4.69, 9.17) is 21.1 Å². The predicted octanol–water partition coefficient (Wildman–Crippen LogP) is 7.27. The minimum Gasteiger partial charge on any atom is -0.480 e. The number of halogens is 1. The third-order valence-corrected chi connectivity index (χ3v) is 7.89. The normalized spacial score (nSPS) is 17.0. The van der Waals surface area contributed by atoms with E-state index in [1.54, 1.807) is 55.1 Å². The molecule has 1 heterocycles. The summed E-state index contributed by atoms with van der Waals surface area (Å²) in [5.41, 5.74) is 2.70. The predicted molar refractivity (Wildman–Crippen MR) is 156 cm³/mol. The van der Waals surface area contributed by atoms with E-state index in [1.807, 2.05) is 32.0 Å². The van der Waals surface area contributed by atoms with E-state index in [0.717, 1.165) is 35.3 Å². The average Bonchev–Trinajstić information content (AvgIpc) is 3.34. The Morgan fingerprint density at radius 1 is 0.950 bits per heavy atom. The van der Waals surface area contributed by atoms with Gasteiger partial charge in [0, 0.05) is 29.6 Å². The van der Waals surface area contributed by atoms with Crippen molar-refractivity contribution in [3.8, 4) is 11.5 Å². The van der Waals surface area contributed by atoms with Gasteiger partial charge in [0.05, 0.1) is 0 Å². The van der Waals surface area contributed by atoms with Crippen LogP contribution < -0.4 is 9.47 Å². The Morgan fingerprint density at radius 3 is 2.17 bits per heavy atom. The molecule has 0 aliphatic carbocycles. The molecule has 0 saturated carbocycles. The van der Waals surface area contributed by atoms with Crippen molar-refractivity contribution in [2.24, 2.45) is 11.8 Å². The van der Waals surface area contributed by atoms with Crippen LogP contribution in [-0.4, -0.2) is 41.3 Å². The summed E-state index contributed by atoms with van der Waals surface area (Å²) in [4.78, 5) is 40.2. The molecule has 4 rings (SSSR count). The number of likely N-dealkylation sites (tertiary alicyclic amines) is 1. The van der Waals surface area contributed by atoms with E-state index < -0.39 is 11.7 Å². The fourth-order valence-corrected chi connectivity index (χ4v) is 5.24. The number of carbonyl (C=O) groups is 3. The number of hydrogen-bond donors (Lipinski definition) is 0. The lowest BCUT2D eigenvalue weighted by atomic mass is 9.84. The number of para-hydroxylation sites is 1. The van der Waals surface area contributed by atoms with Gasteiger partial charge in [-0.15, -0.1) is 0 Å². The zero-order chi connectivity index (χ0) is 29.0. The quantitative estimate of drug-likeness (QED) is 0.257. The molecular weight excluding hydrogens is 526 g/mol. The van der Waals surface area contributed by atoms with Crippen LogP contribution in [0, 0.1) is 25.7 Å². The van der Waals surface area contributed by atoms with Crippen LogP contribution in [0.25, 0.3) is 0 Å². The Hall–Kier alpha value is -3.64.